The molecule has 25 heavy (non-hydrogen) atoms. The molecular weight excluding hydrogens is 334 g/mol. The third-order valence-corrected chi connectivity index (χ3v) is 3.67. The lowest BCUT2D eigenvalue weighted by molar-refractivity contribution is -0.140. The van der Waals surface area contributed by atoms with Crippen LogP contribution in [0.2, 0.25) is 0 Å². The summed E-state index contributed by atoms with van der Waals surface area (Å²) in [5.74, 6) is -0.846. The van der Waals surface area contributed by atoms with Crippen molar-refractivity contribution >= 4 is 18.0 Å². The normalized spacial score (nSPS) is 14.2. The number of amides is 1. The molecule has 2 N–H and O–H groups in total. The van der Waals surface area contributed by atoms with Gasteiger partial charge in [-0.3, -0.25) is 0 Å². The van der Waals surface area contributed by atoms with E-state index in [9.17, 15) is 14.4 Å². The lowest BCUT2D eigenvalue weighted by atomic mass is 10.2. The number of carbonyl (C=O) groups excluding carboxylic acids is 2. The standard InChI is InChI=1S/C16H19NO8/c1-22-11-4-3-10(9-12(11)23-2)13(18)24-7-8-25-15(21)17-16(5-6-16)14(19)20/h3-4,9H,5-8H2,1-2H3,(H,17,21)(H,19,20). The first-order valence-corrected chi connectivity index (χ1v) is 7.49. The van der Waals surface area contributed by atoms with E-state index in [0.717, 1.165) is 0 Å². The number of carboxylic acid groups (broad SMARTS) is 1. The summed E-state index contributed by atoms with van der Waals surface area (Å²) in [6.07, 6.45) is -0.126. The zero-order valence-electron chi connectivity index (χ0n) is 13.9. The Hall–Kier alpha value is -2.97. The second-order valence-electron chi connectivity index (χ2n) is 5.35. The van der Waals surface area contributed by atoms with E-state index in [1.165, 1.54) is 26.4 Å². The van der Waals surface area contributed by atoms with E-state index in [0.29, 0.717) is 24.3 Å². The largest absolute Gasteiger partial charge is 0.493 e. The van der Waals surface area contributed by atoms with Crippen LogP contribution in [0.1, 0.15) is 23.2 Å². The number of nitrogens with one attached hydrogen (secondary N) is 1. The molecule has 1 saturated carbocycles. The average molecular weight is 353 g/mol. The number of hydrogen-bond donors (Lipinski definition) is 2. The van der Waals surface area contributed by atoms with Crippen molar-refractivity contribution in [2.24, 2.45) is 0 Å². The fraction of sp³-hybridized carbons (Fsp3) is 0.438. The Morgan fingerprint density at radius 3 is 2.28 bits per heavy atom. The first-order chi connectivity index (χ1) is 11.9. The van der Waals surface area contributed by atoms with Crippen LogP contribution in [0.3, 0.4) is 0 Å². The predicted molar refractivity (Wildman–Crippen MR) is 83.9 cm³/mol. The van der Waals surface area contributed by atoms with Gasteiger partial charge in [0.25, 0.3) is 0 Å². The van der Waals surface area contributed by atoms with Crippen LogP contribution in [0.5, 0.6) is 11.5 Å². The van der Waals surface area contributed by atoms with E-state index in [-0.39, 0.29) is 18.8 Å². The molecule has 0 bridgehead atoms. The number of aliphatic carboxylic acids is 1. The highest BCUT2D eigenvalue weighted by Gasteiger charge is 2.52. The molecule has 0 aromatic heterocycles. The SMILES string of the molecule is COc1ccc(C(=O)OCCOC(=O)NC2(C(=O)O)CC2)cc1OC. The van der Waals surface area contributed by atoms with Crippen molar-refractivity contribution in [3.05, 3.63) is 23.8 Å². The predicted octanol–water partition coefficient (Wildman–Crippen LogP) is 1.20. The van der Waals surface area contributed by atoms with E-state index in [2.05, 4.69) is 5.32 Å². The first-order valence-electron chi connectivity index (χ1n) is 7.49. The number of carboxylic acids is 1. The number of alkyl carbamates (subject to hydrolysis) is 1. The third-order valence-electron chi connectivity index (χ3n) is 3.67. The molecule has 0 atom stereocenters. The van der Waals surface area contributed by atoms with E-state index in [1.54, 1.807) is 6.07 Å². The second-order valence-corrected chi connectivity index (χ2v) is 5.35. The van der Waals surface area contributed by atoms with Crippen LogP contribution in [0.15, 0.2) is 18.2 Å². The summed E-state index contributed by atoms with van der Waals surface area (Å²) < 4.78 is 20.0. The van der Waals surface area contributed by atoms with Gasteiger partial charge in [-0.05, 0) is 31.0 Å². The van der Waals surface area contributed by atoms with Gasteiger partial charge in [-0.15, -0.1) is 0 Å². The average Bonchev–Trinajstić information content (AvgIpc) is 3.38. The van der Waals surface area contributed by atoms with Gasteiger partial charge < -0.3 is 29.4 Å². The Bertz CT molecular complexity index is 668. The summed E-state index contributed by atoms with van der Waals surface area (Å²) in [5.41, 5.74) is -0.960. The van der Waals surface area contributed by atoms with Gasteiger partial charge in [0, 0.05) is 0 Å². The van der Waals surface area contributed by atoms with E-state index in [1.807, 2.05) is 0 Å². The topological polar surface area (TPSA) is 120 Å². The Morgan fingerprint density at radius 2 is 1.72 bits per heavy atom. The summed E-state index contributed by atoms with van der Waals surface area (Å²) >= 11 is 0. The van der Waals surface area contributed by atoms with Gasteiger partial charge in [0.1, 0.15) is 18.8 Å². The van der Waals surface area contributed by atoms with Crippen LogP contribution in [0.25, 0.3) is 0 Å². The zero-order chi connectivity index (χ0) is 18.4. The van der Waals surface area contributed by atoms with Gasteiger partial charge in [0.15, 0.2) is 11.5 Å². The minimum Gasteiger partial charge on any atom is -0.493 e. The highest BCUT2D eigenvalue weighted by Crippen LogP contribution is 2.35. The minimum atomic E-state index is -1.21. The summed E-state index contributed by atoms with van der Waals surface area (Å²) in [6.45, 7) is -0.360. The van der Waals surface area contributed by atoms with Crippen molar-refractivity contribution in [2.75, 3.05) is 27.4 Å². The molecule has 1 amide bonds. The molecule has 136 valence electrons. The molecule has 0 spiro atoms. The Kier molecular flexibility index (Phi) is 5.68. The molecule has 1 aliphatic rings. The molecule has 0 heterocycles. The fourth-order valence-electron chi connectivity index (χ4n) is 2.06. The van der Waals surface area contributed by atoms with Gasteiger partial charge in [-0.2, -0.15) is 0 Å². The first kappa shape index (κ1) is 18.4. The quantitative estimate of drug-likeness (QED) is 0.528. The van der Waals surface area contributed by atoms with Crippen molar-refractivity contribution < 1.29 is 38.4 Å². The molecule has 0 radical (unpaired) electrons. The molecule has 0 saturated heterocycles. The molecule has 1 aromatic carbocycles. The zero-order valence-corrected chi connectivity index (χ0v) is 13.9. The Balaban J connectivity index is 1.75. The molecule has 1 fully saturated rings. The van der Waals surface area contributed by atoms with E-state index >= 15 is 0 Å². The van der Waals surface area contributed by atoms with Crippen molar-refractivity contribution in [2.45, 2.75) is 18.4 Å². The van der Waals surface area contributed by atoms with Crippen LogP contribution >= 0.6 is 0 Å². The van der Waals surface area contributed by atoms with Gasteiger partial charge in [0.2, 0.25) is 0 Å². The van der Waals surface area contributed by atoms with Gasteiger partial charge in [-0.1, -0.05) is 0 Å². The number of rotatable bonds is 8. The summed E-state index contributed by atoms with van der Waals surface area (Å²) in [7, 11) is 2.93. The lowest BCUT2D eigenvalue weighted by Crippen LogP contribution is -2.43. The maximum absolute atomic E-state index is 11.9. The number of hydrogen-bond acceptors (Lipinski definition) is 7. The number of esters is 1. The molecule has 2 rings (SSSR count). The number of ether oxygens (including phenoxy) is 4. The molecule has 9 nitrogen and oxygen atoms in total. The summed E-state index contributed by atoms with van der Waals surface area (Å²) in [6, 6.07) is 4.56. The van der Waals surface area contributed by atoms with Crippen LogP contribution in [-0.4, -0.2) is 56.1 Å². The molecule has 1 aromatic rings. The smallest absolute Gasteiger partial charge is 0.408 e. The van der Waals surface area contributed by atoms with Crippen LogP contribution in [-0.2, 0) is 14.3 Å². The number of carbonyl (C=O) groups is 3. The van der Waals surface area contributed by atoms with Crippen molar-refractivity contribution in [1.29, 1.82) is 0 Å². The highest BCUT2D eigenvalue weighted by atomic mass is 16.6. The molecular formula is C16H19NO8. The molecule has 0 aliphatic heterocycles. The van der Waals surface area contributed by atoms with Crippen LogP contribution < -0.4 is 14.8 Å². The van der Waals surface area contributed by atoms with Crippen LogP contribution in [0, 0.1) is 0 Å². The summed E-state index contributed by atoms with van der Waals surface area (Å²) in [5, 5.41) is 11.2. The lowest BCUT2D eigenvalue weighted by Gasteiger charge is -2.13. The van der Waals surface area contributed by atoms with Gasteiger partial charge >= 0.3 is 18.0 Å². The van der Waals surface area contributed by atoms with Crippen molar-refractivity contribution in [3.63, 3.8) is 0 Å². The molecule has 1 aliphatic carbocycles. The monoisotopic (exact) mass is 353 g/mol. The third kappa shape index (κ3) is 4.52. The molecule has 0 unspecified atom stereocenters. The Labute approximate surface area is 143 Å². The number of benzene rings is 1. The van der Waals surface area contributed by atoms with Crippen LogP contribution in [0.4, 0.5) is 4.79 Å². The van der Waals surface area contributed by atoms with Gasteiger partial charge in [-0.25, -0.2) is 14.4 Å². The van der Waals surface area contributed by atoms with E-state index < -0.39 is 23.6 Å². The Morgan fingerprint density at radius 1 is 1.08 bits per heavy atom. The maximum Gasteiger partial charge on any atom is 0.408 e. The number of methoxy groups -OCH3 is 2. The fourth-order valence-corrected chi connectivity index (χ4v) is 2.06. The van der Waals surface area contributed by atoms with Gasteiger partial charge in [0.05, 0.1) is 19.8 Å². The molecule has 9 heteroatoms. The van der Waals surface area contributed by atoms with Crippen molar-refractivity contribution in [3.8, 4) is 11.5 Å². The van der Waals surface area contributed by atoms with E-state index in [4.69, 9.17) is 24.1 Å². The maximum atomic E-state index is 11.9. The second kappa shape index (κ2) is 7.73. The summed E-state index contributed by atoms with van der Waals surface area (Å²) in [4.78, 5) is 34.4. The van der Waals surface area contributed by atoms with Crippen molar-refractivity contribution in [1.82, 2.24) is 5.32 Å². The minimum absolute atomic E-state index is 0.166. The highest BCUT2D eigenvalue weighted by molar-refractivity contribution is 5.90.